The molecule has 0 radical (unpaired) electrons. The smallest absolute Gasteiger partial charge is 0.247 e. The number of nitrogens with zero attached hydrogens (tertiary/aromatic N) is 2. The van der Waals surface area contributed by atoms with Gasteiger partial charge in [-0.1, -0.05) is 6.58 Å². The van der Waals surface area contributed by atoms with E-state index in [1.54, 1.807) is 12.3 Å². The molecular weight excluding hydrogens is 402 g/mol. The molecule has 0 saturated carbocycles. The first-order valence-electron chi connectivity index (χ1n) is 10.3. The number of rotatable bonds is 7. The minimum Gasteiger partial charge on any atom is -0.491 e. The van der Waals surface area contributed by atoms with E-state index in [0.29, 0.717) is 11.4 Å². The van der Waals surface area contributed by atoms with Crippen LogP contribution < -0.4 is 15.4 Å². The van der Waals surface area contributed by atoms with Crippen LogP contribution in [0.15, 0.2) is 67.6 Å². The summed E-state index contributed by atoms with van der Waals surface area (Å²) in [6.45, 7) is 7.44. The molecule has 0 aliphatic rings. The summed E-state index contributed by atoms with van der Waals surface area (Å²) in [5.41, 5.74) is 5.28. The van der Waals surface area contributed by atoms with E-state index in [0.717, 1.165) is 39.1 Å². The second kappa shape index (κ2) is 8.93. The van der Waals surface area contributed by atoms with Gasteiger partial charge in [0.15, 0.2) is 0 Å². The lowest BCUT2D eigenvalue weighted by Gasteiger charge is -2.14. The van der Waals surface area contributed by atoms with Crippen molar-refractivity contribution in [2.45, 2.75) is 20.0 Å². The first-order chi connectivity index (χ1) is 15.5. The fourth-order valence-electron chi connectivity index (χ4n) is 3.51. The Morgan fingerprint density at radius 3 is 2.72 bits per heavy atom. The van der Waals surface area contributed by atoms with E-state index >= 15 is 0 Å². The van der Waals surface area contributed by atoms with Gasteiger partial charge in [-0.2, -0.15) is 0 Å². The van der Waals surface area contributed by atoms with E-state index in [2.05, 4.69) is 38.2 Å². The molecule has 162 valence electrons. The molecule has 3 aromatic heterocycles. The molecule has 1 aromatic carbocycles. The number of amides is 1. The highest BCUT2D eigenvalue weighted by molar-refractivity contribution is 6.00. The van der Waals surface area contributed by atoms with Crippen molar-refractivity contribution < 1.29 is 9.53 Å². The number of benzene rings is 1. The average Bonchev–Trinajstić information content (AvgIpc) is 3.21. The lowest BCUT2D eigenvalue weighted by molar-refractivity contribution is -0.111. The van der Waals surface area contributed by atoms with Crippen LogP contribution in [-0.4, -0.2) is 34.0 Å². The molecule has 0 aliphatic heterocycles. The van der Waals surface area contributed by atoms with Gasteiger partial charge in [-0.05, 0) is 61.4 Å². The van der Waals surface area contributed by atoms with Gasteiger partial charge < -0.3 is 20.4 Å². The maximum atomic E-state index is 11.9. The van der Waals surface area contributed by atoms with Crippen LogP contribution in [0.25, 0.3) is 33.3 Å². The maximum absolute atomic E-state index is 11.9. The van der Waals surface area contributed by atoms with Gasteiger partial charge >= 0.3 is 0 Å². The highest BCUT2D eigenvalue weighted by atomic mass is 16.5. The minimum atomic E-state index is -0.280. The van der Waals surface area contributed by atoms with Crippen LogP contribution in [0.3, 0.4) is 0 Å². The summed E-state index contributed by atoms with van der Waals surface area (Å²) in [6, 6.07) is 11.7. The predicted octanol–water partition coefficient (Wildman–Crippen LogP) is 5.25. The van der Waals surface area contributed by atoms with Crippen molar-refractivity contribution in [2.75, 3.05) is 17.7 Å². The Balaban J connectivity index is 1.81. The first kappa shape index (κ1) is 21.1. The molecule has 0 spiro atoms. The fourth-order valence-corrected chi connectivity index (χ4v) is 3.51. The van der Waals surface area contributed by atoms with Gasteiger partial charge in [0, 0.05) is 53.9 Å². The summed E-state index contributed by atoms with van der Waals surface area (Å²) >= 11 is 0. The molecule has 3 N–H and O–H groups in total. The quantitative estimate of drug-likeness (QED) is 0.351. The van der Waals surface area contributed by atoms with Crippen LogP contribution >= 0.6 is 0 Å². The molecule has 7 heteroatoms. The molecule has 0 fully saturated rings. The molecule has 4 rings (SSSR count). The van der Waals surface area contributed by atoms with Gasteiger partial charge in [0.05, 0.1) is 6.10 Å². The predicted molar refractivity (Wildman–Crippen MR) is 129 cm³/mol. The van der Waals surface area contributed by atoms with Crippen molar-refractivity contribution in [3.05, 3.63) is 67.6 Å². The van der Waals surface area contributed by atoms with Gasteiger partial charge in [0.1, 0.15) is 17.2 Å². The van der Waals surface area contributed by atoms with Crippen molar-refractivity contribution in [1.82, 2.24) is 15.0 Å². The zero-order valence-corrected chi connectivity index (χ0v) is 18.3. The number of nitrogens with one attached hydrogen (secondary N) is 3. The lowest BCUT2D eigenvalue weighted by Crippen LogP contribution is -2.09. The number of pyridine rings is 2. The second-order valence-corrected chi connectivity index (χ2v) is 7.61. The molecule has 0 saturated heterocycles. The highest BCUT2D eigenvalue weighted by Gasteiger charge is 2.12. The SMILES string of the molecule is C=CC(=O)Nc1cc(OC(C)C)cc(-c2cnc3[nH]cc(-c4ccnc(NC)c4)c3c2)c1. The van der Waals surface area contributed by atoms with Gasteiger partial charge in [0.25, 0.3) is 0 Å². The van der Waals surface area contributed by atoms with Crippen molar-refractivity contribution in [1.29, 1.82) is 0 Å². The third-order valence-corrected chi connectivity index (χ3v) is 4.92. The van der Waals surface area contributed by atoms with Crippen LogP contribution in [-0.2, 0) is 4.79 Å². The molecule has 0 atom stereocenters. The molecule has 3 heterocycles. The monoisotopic (exact) mass is 427 g/mol. The number of anilines is 2. The summed E-state index contributed by atoms with van der Waals surface area (Å²) < 4.78 is 5.91. The van der Waals surface area contributed by atoms with Crippen LogP contribution in [0.1, 0.15) is 13.8 Å². The zero-order chi connectivity index (χ0) is 22.7. The summed E-state index contributed by atoms with van der Waals surface area (Å²) in [5.74, 6) is 1.18. The Morgan fingerprint density at radius 2 is 1.97 bits per heavy atom. The van der Waals surface area contributed by atoms with Gasteiger partial charge in [-0.25, -0.2) is 9.97 Å². The lowest BCUT2D eigenvalue weighted by atomic mass is 10.0. The maximum Gasteiger partial charge on any atom is 0.247 e. The minimum absolute atomic E-state index is 0.00171. The summed E-state index contributed by atoms with van der Waals surface area (Å²) in [4.78, 5) is 24.0. The Hall–Kier alpha value is -4.13. The van der Waals surface area contributed by atoms with Crippen LogP contribution in [0.5, 0.6) is 5.75 Å². The number of fused-ring (bicyclic) bond motifs is 1. The number of carbonyl (C=O) groups excluding carboxylic acids is 1. The largest absolute Gasteiger partial charge is 0.491 e. The summed E-state index contributed by atoms with van der Waals surface area (Å²) in [5, 5.41) is 6.88. The van der Waals surface area contributed by atoms with E-state index in [1.165, 1.54) is 6.08 Å². The molecule has 4 aromatic rings. The summed E-state index contributed by atoms with van der Waals surface area (Å²) in [7, 11) is 1.84. The van der Waals surface area contributed by atoms with Gasteiger partial charge in [-0.15, -0.1) is 0 Å². The van der Waals surface area contributed by atoms with Crippen molar-refractivity contribution >= 4 is 28.4 Å². The van der Waals surface area contributed by atoms with Crippen molar-refractivity contribution in [2.24, 2.45) is 0 Å². The van der Waals surface area contributed by atoms with E-state index in [9.17, 15) is 4.79 Å². The number of aromatic nitrogens is 3. The zero-order valence-electron chi connectivity index (χ0n) is 18.3. The number of carbonyl (C=O) groups is 1. The Kier molecular flexibility index (Phi) is 5.89. The second-order valence-electron chi connectivity index (χ2n) is 7.61. The fraction of sp³-hybridized carbons (Fsp3) is 0.160. The molecular formula is C25H25N5O2. The summed E-state index contributed by atoms with van der Waals surface area (Å²) in [6.07, 6.45) is 6.77. The van der Waals surface area contributed by atoms with E-state index in [4.69, 9.17) is 4.74 Å². The molecule has 7 nitrogen and oxygen atoms in total. The number of hydrogen-bond acceptors (Lipinski definition) is 5. The topological polar surface area (TPSA) is 91.9 Å². The highest BCUT2D eigenvalue weighted by Crippen LogP contribution is 2.34. The Bertz CT molecular complexity index is 1290. The molecule has 1 amide bonds. The van der Waals surface area contributed by atoms with Gasteiger partial charge in [0.2, 0.25) is 5.91 Å². The number of hydrogen-bond donors (Lipinski definition) is 3. The van der Waals surface area contributed by atoms with Crippen LogP contribution in [0, 0.1) is 0 Å². The number of H-pyrrole nitrogens is 1. The van der Waals surface area contributed by atoms with Gasteiger partial charge in [-0.3, -0.25) is 4.79 Å². The third-order valence-electron chi connectivity index (χ3n) is 4.92. The van der Waals surface area contributed by atoms with Crippen LogP contribution in [0.2, 0.25) is 0 Å². The van der Waals surface area contributed by atoms with E-state index in [-0.39, 0.29) is 12.0 Å². The first-order valence-corrected chi connectivity index (χ1v) is 10.3. The molecule has 0 aliphatic carbocycles. The normalized spacial score (nSPS) is 10.9. The average molecular weight is 428 g/mol. The van der Waals surface area contributed by atoms with E-state index in [1.807, 2.05) is 57.6 Å². The molecule has 0 bridgehead atoms. The van der Waals surface area contributed by atoms with Crippen molar-refractivity contribution in [3.63, 3.8) is 0 Å². The Labute approximate surface area is 186 Å². The third kappa shape index (κ3) is 4.46. The molecule has 0 unspecified atom stereocenters. The Morgan fingerprint density at radius 1 is 1.12 bits per heavy atom. The number of ether oxygens (including phenoxy) is 1. The molecule has 32 heavy (non-hydrogen) atoms. The van der Waals surface area contributed by atoms with Crippen LogP contribution in [0.4, 0.5) is 11.5 Å². The van der Waals surface area contributed by atoms with E-state index < -0.39 is 0 Å². The number of aromatic amines is 1. The van der Waals surface area contributed by atoms with Crippen molar-refractivity contribution in [3.8, 4) is 28.0 Å². The standard InChI is InChI=1S/C25H25N5O2/c1-5-24(31)30-19-8-17(9-20(12-19)32-15(2)3)18-10-21-22(14-29-25(21)28-13-18)16-6-7-27-23(11-16)26-4/h5-15H,1H2,2-4H3,(H,26,27)(H,28,29)(H,30,31).